The van der Waals surface area contributed by atoms with Gasteiger partial charge >= 0.3 is 0 Å². The molecule has 0 spiro atoms. The number of aromatic nitrogens is 2. The lowest BCUT2D eigenvalue weighted by molar-refractivity contribution is 0.0945. The summed E-state index contributed by atoms with van der Waals surface area (Å²) in [6, 6.07) is 13.4. The molecule has 0 radical (unpaired) electrons. The molecule has 7 nitrogen and oxygen atoms in total. The van der Waals surface area contributed by atoms with Crippen molar-refractivity contribution in [3.63, 3.8) is 0 Å². The number of benzene rings is 2. The normalized spacial score (nSPS) is 11.9. The Morgan fingerprint density at radius 3 is 2.82 bits per heavy atom. The predicted molar refractivity (Wildman–Crippen MR) is 99.5 cm³/mol. The molecule has 0 aliphatic carbocycles. The highest BCUT2D eigenvalue weighted by Crippen LogP contribution is 2.32. The molecule has 8 heteroatoms. The molecule has 2 N–H and O–H groups in total. The summed E-state index contributed by atoms with van der Waals surface area (Å²) in [6.45, 7) is 0.756. The van der Waals surface area contributed by atoms with Crippen molar-refractivity contribution in [3.8, 4) is 11.5 Å². The summed E-state index contributed by atoms with van der Waals surface area (Å²) in [6.07, 6.45) is 1.49. The first-order chi connectivity index (χ1) is 13.7. The number of carbonyl (C=O) groups is 1. The van der Waals surface area contributed by atoms with Crippen LogP contribution in [-0.4, -0.2) is 22.7 Å². The van der Waals surface area contributed by atoms with Crippen LogP contribution in [0.5, 0.6) is 11.5 Å². The van der Waals surface area contributed by atoms with Crippen molar-refractivity contribution in [3.05, 3.63) is 77.4 Å². The fraction of sp³-hybridized carbons (Fsp3) is 0.150. The number of hydrogen-bond acceptors (Lipinski definition) is 6. The van der Waals surface area contributed by atoms with Crippen molar-refractivity contribution in [1.29, 1.82) is 0 Å². The van der Waals surface area contributed by atoms with Gasteiger partial charge in [-0.05, 0) is 29.8 Å². The molecule has 0 bridgehead atoms. The van der Waals surface area contributed by atoms with Crippen LogP contribution >= 0.6 is 0 Å². The van der Waals surface area contributed by atoms with Crippen LogP contribution < -0.4 is 20.1 Å². The third kappa shape index (κ3) is 4.01. The standard InChI is InChI=1S/C20H17FN4O3/c21-15-4-2-1-3-14(15)11-23-19(26)16-7-8-22-20(25-16)24-10-13-5-6-17-18(9-13)28-12-27-17/h1-9H,10-12H2,(H,23,26)(H,22,24,25). The van der Waals surface area contributed by atoms with E-state index in [1.165, 1.54) is 18.3 Å². The smallest absolute Gasteiger partial charge is 0.270 e. The highest BCUT2D eigenvalue weighted by atomic mass is 19.1. The van der Waals surface area contributed by atoms with Crippen LogP contribution in [0, 0.1) is 5.82 Å². The van der Waals surface area contributed by atoms with Crippen LogP contribution in [0.1, 0.15) is 21.6 Å². The predicted octanol–water partition coefficient (Wildman–Crippen LogP) is 2.89. The number of fused-ring (bicyclic) bond motifs is 1. The van der Waals surface area contributed by atoms with E-state index in [1.807, 2.05) is 18.2 Å². The van der Waals surface area contributed by atoms with Crippen LogP contribution in [0.25, 0.3) is 0 Å². The molecule has 1 amide bonds. The van der Waals surface area contributed by atoms with Crippen molar-refractivity contribution < 1.29 is 18.7 Å². The van der Waals surface area contributed by atoms with Gasteiger partial charge in [-0.3, -0.25) is 4.79 Å². The van der Waals surface area contributed by atoms with Gasteiger partial charge in [0.2, 0.25) is 12.7 Å². The minimum Gasteiger partial charge on any atom is -0.454 e. The molecule has 0 saturated heterocycles. The van der Waals surface area contributed by atoms with Gasteiger partial charge in [-0.2, -0.15) is 0 Å². The van der Waals surface area contributed by atoms with Gasteiger partial charge in [0.15, 0.2) is 11.5 Å². The molecule has 0 fully saturated rings. The molecule has 4 rings (SSSR count). The van der Waals surface area contributed by atoms with Gasteiger partial charge in [0.1, 0.15) is 11.5 Å². The average Bonchev–Trinajstić information content (AvgIpc) is 3.19. The quantitative estimate of drug-likeness (QED) is 0.684. The van der Waals surface area contributed by atoms with E-state index in [4.69, 9.17) is 9.47 Å². The summed E-state index contributed by atoms with van der Waals surface area (Å²) in [4.78, 5) is 20.6. The molecule has 1 aliphatic heterocycles. The van der Waals surface area contributed by atoms with Gasteiger partial charge in [-0.1, -0.05) is 24.3 Å². The zero-order valence-corrected chi connectivity index (χ0v) is 14.8. The molecule has 3 aromatic rings. The molecule has 1 aliphatic rings. The topological polar surface area (TPSA) is 85.4 Å². The summed E-state index contributed by atoms with van der Waals surface area (Å²) in [5.41, 5.74) is 1.56. The average molecular weight is 380 g/mol. The van der Waals surface area contributed by atoms with Gasteiger partial charge in [0.25, 0.3) is 5.91 Å². The van der Waals surface area contributed by atoms with Crippen LogP contribution in [0.15, 0.2) is 54.7 Å². The summed E-state index contributed by atoms with van der Waals surface area (Å²) < 4.78 is 24.3. The Labute approximate surface area is 160 Å². The van der Waals surface area contributed by atoms with Gasteiger partial charge in [0.05, 0.1) is 0 Å². The van der Waals surface area contributed by atoms with E-state index in [0.29, 0.717) is 29.6 Å². The maximum Gasteiger partial charge on any atom is 0.270 e. The second-order valence-electron chi connectivity index (χ2n) is 6.08. The minimum absolute atomic E-state index is 0.0788. The fourth-order valence-electron chi connectivity index (χ4n) is 2.71. The first-order valence-corrected chi connectivity index (χ1v) is 8.66. The Hall–Kier alpha value is -3.68. The summed E-state index contributed by atoms with van der Waals surface area (Å²) in [5.74, 6) is 0.958. The minimum atomic E-state index is -0.406. The number of halogens is 1. The molecule has 0 saturated carbocycles. The lowest BCUT2D eigenvalue weighted by Crippen LogP contribution is -2.24. The SMILES string of the molecule is O=C(NCc1ccccc1F)c1ccnc(NCc2ccc3c(c2)OCO3)n1. The maximum atomic E-state index is 13.6. The highest BCUT2D eigenvalue weighted by Gasteiger charge is 2.14. The van der Waals surface area contributed by atoms with Gasteiger partial charge < -0.3 is 20.1 Å². The number of nitrogens with zero attached hydrogens (tertiary/aromatic N) is 2. The van der Waals surface area contributed by atoms with Crippen molar-refractivity contribution in [2.45, 2.75) is 13.1 Å². The molecule has 2 heterocycles. The van der Waals surface area contributed by atoms with E-state index in [-0.39, 0.29) is 24.8 Å². The number of ether oxygens (including phenoxy) is 2. The van der Waals surface area contributed by atoms with E-state index >= 15 is 0 Å². The summed E-state index contributed by atoms with van der Waals surface area (Å²) >= 11 is 0. The third-order valence-electron chi connectivity index (χ3n) is 4.17. The molecule has 0 atom stereocenters. The first-order valence-electron chi connectivity index (χ1n) is 8.66. The summed E-state index contributed by atoms with van der Waals surface area (Å²) in [5, 5.41) is 5.73. The van der Waals surface area contributed by atoms with E-state index in [9.17, 15) is 9.18 Å². The molecule has 0 unspecified atom stereocenters. The van der Waals surface area contributed by atoms with Crippen LogP contribution in [-0.2, 0) is 13.1 Å². The number of hydrogen-bond donors (Lipinski definition) is 2. The van der Waals surface area contributed by atoms with Gasteiger partial charge in [-0.15, -0.1) is 0 Å². The van der Waals surface area contributed by atoms with Crippen LogP contribution in [0.4, 0.5) is 10.3 Å². The Morgan fingerprint density at radius 1 is 1.07 bits per heavy atom. The van der Waals surface area contributed by atoms with E-state index in [2.05, 4.69) is 20.6 Å². The van der Waals surface area contributed by atoms with Crippen LogP contribution in [0.3, 0.4) is 0 Å². The number of carbonyl (C=O) groups excluding carboxylic acids is 1. The molecule has 142 valence electrons. The van der Waals surface area contributed by atoms with Gasteiger partial charge in [-0.25, -0.2) is 14.4 Å². The number of amides is 1. The van der Waals surface area contributed by atoms with Crippen molar-refractivity contribution >= 4 is 11.9 Å². The molecule has 1 aromatic heterocycles. The van der Waals surface area contributed by atoms with Gasteiger partial charge in [0, 0.05) is 24.8 Å². The molecular weight excluding hydrogens is 363 g/mol. The largest absolute Gasteiger partial charge is 0.454 e. The van der Waals surface area contributed by atoms with E-state index < -0.39 is 5.91 Å². The highest BCUT2D eigenvalue weighted by molar-refractivity contribution is 5.92. The Morgan fingerprint density at radius 2 is 1.93 bits per heavy atom. The van der Waals surface area contributed by atoms with Crippen molar-refractivity contribution in [2.75, 3.05) is 12.1 Å². The molecule has 28 heavy (non-hydrogen) atoms. The maximum absolute atomic E-state index is 13.6. The Kier molecular flexibility index (Phi) is 5.01. The third-order valence-corrected chi connectivity index (χ3v) is 4.17. The van der Waals surface area contributed by atoms with E-state index in [0.717, 1.165) is 5.56 Å². The number of nitrogens with one attached hydrogen (secondary N) is 2. The van der Waals surface area contributed by atoms with Crippen molar-refractivity contribution in [1.82, 2.24) is 15.3 Å². The summed E-state index contributed by atoms with van der Waals surface area (Å²) in [7, 11) is 0. The zero-order chi connectivity index (χ0) is 19.3. The zero-order valence-electron chi connectivity index (χ0n) is 14.8. The second kappa shape index (κ2) is 7.91. The van der Waals surface area contributed by atoms with E-state index in [1.54, 1.807) is 18.2 Å². The monoisotopic (exact) mass is 380 g/mol. The molecule has 2 aromatic carbocycles. The fourth-order valence-corrected chi connectivity index (χ4v) is 2.71. The Balaban J connectivity index is 1.37. The lowest BCUT2D eigenvalue weighted by atomic mass is 10.2. The molecular formula is C20H17FN4O3. The Bertz CT molecular complexity index is 1010. The number of anilines is 1. The van der Waals surface area contributed by atoms with Crippen molar-refractivity contribution in [2.24, 2.45) is 0 Å². The number of rotatable bonds is 6. The second-order valence-corrected chi connectivity index (χ2v) is 6.08. The first kappa shape index (κ1) is 17.7. The van der Waals surface area contributed by atoms with Crippen LogP contribution in [0.2, 0.25) is 0 Å². The lowest BCUT2D eigenvalue weighted by Gasteiger charge is -2.08.